The van der Waals surface area contributed by atoms with Crippen LogP contribution in [0.4, 0.5) is 0 Å². The Morgan fingerprint density at radius 3 is 2.48 bits per heavy atom. The van der Waals surface area contributed by atoms with Gasteiger partial charge in [0.25, 0.3) is 0 Å². The number of Topliss-reactive ketones (excluding diaryl/α,β-unsaturated/α-hetero) is 1. The summed E-state index contributed by atoms with van der Waals surface area (Å²) in [5.41, 5.74) is 3.73. The first-order chi connectivity index (χ1) is 19.2. The summed E-state index contributed by atoms with van der Waals surface area (Å²) in [6.07, 6.45) is 0.496. The molecular formula is C33H31ClN2O4. The Morgan fingerprint density at radius 1 is 1.00 bits per heavy atom. The molecule has 0 saturated carbocycles. The number of hydrogen-bond acceptors (Lipinski definition) is 4. The summed E-state index contributed by atoms with van der Waals surface area (Å²) < 4.78 is 8.20. The van der Waals surface area contributed by atoms with Gasteiger partial charge < -0.3 is 14.4 Å². The van der Waals surface area contributed by atoms with E-state index < -0.39 is 11.4 Å². The maximum atomic E-state index is 13.4. The molecule has 6 nitrogen and oxygen atoms in total. The van der Waals surface area contributed by atoms with Crippen molar-refractivity contribution >= 4 is 45.2 Å². The van der Waals surface area contributed by atoms with Crippen LogP contribution in [-0.4, -0.2) is 26.4 Å². The first-order valence-corrected chi connectivity index (χ1v) is 13.7. The van der Waals surface area contributed by atoms with Gasteiger partial charge in [-0.25, -0.2) is 4.98 Å². The quantitative estimate of drug-likeness (QED) is 0.179. The highest BCUT2D eigenvalue weighted by Gasteiger charge is 2.32. The van der Waals surface area contributed by atoms with Gasteiger partial charge in [0.1, 0.15) is 12.4 Å². The number of nitrogens with zero attached hydrogens (tertiary/aromatic N) is 2. The highest BCUT2D eigenvalue weighted by atomic mass is 35.5. The lowest BCUT2D eigenvalue weighted by Crippen LogP contribution is -2.28. The number of hydrogen-bond donors (Lipinski definition) is 1. The Kier molecular flexibility index (Phi) is 7.63. The summed E-state index contributed by atoms with van der Waals surface area (Å²) in [7, 11) is 0. The lowest BCUT2D eigenvalue weighted by molar-refractivity contribution is -0.146. The standard InChI is InChI=1S/C33H31ClN2O4/c1-4-30(37)31-26-17-25(40-20-24-14-11-22-7-5-6-8-27(22)35-24)15-16-28(26)36(19-21-9-12-23(34)13-10-21)29(31)18-33(2,3)32(38)39/h5-17H,4,18-20H2,1-3H3,(H,38,39). The fraction of sp³-hybridized carbons (Fsp3) is 0.242. The molecule has 0 aliphatic carbocycles. The Bertz CT molecular complexity index is 1720. The van der Waals surface area contributed by atoms with Gasteiger partial charge in [-0.15, -0.1) is 0 Å². The van der Waals surface area contributed by atoms with E-state index in [0.717, 1.165) is 33.1 Å². The molecule has 0 saturated heterocycles. The normalized spacial score (nSPS) is 11.7. The molecule has 0 aliphatic rings. The highest BCUT2D eigenvalue weighted by molar-refractivity contribution is 6.30. The third-order valence-corrected chi connectivity index (χ3v) is 7.48. The van der Waals surface area contributed by atoms with Gasteiger partial charge in [0.2, 0.25) is 0 Å². The molecule has 0 atom stereocenters. The second kappa shape index (κ2) is 11.1. The molecule has 7 heteroatoms. The van der Waals surface area contributed by atoms with E-state index in [1.165, 1.54) is 0 Å². The van der Waals surface area contributed by atoms with Crippen LogP contribution in [0.1, 0.15) is 54.5 Å². The Morgan fingerprint density at radius 2 is 1.75 bits per heavy atom. The lowest BCUT2D eigenvalue weighted by atomic mass is 9.86. The van der Waals surface area contributed by atoms with Crippen molar-refractivity contribution in [1.82, 2.24) is 9.55 Å². The van der Waals surface area contributed by atoms with Gasteiger partial charge in [-0.3, -0.25) is 9.59 Å². The molecule has 5 aromatic rings. The van der Waals surface area contributed by atoms with Crippen LogP contribution >= 0.6 is 11.6 Å². The zero-order chi connectivity index (χ0) is 28.4. The maximum Gasteiger partial charge on any atom is 0.309 e. The number of aliphatic carboxylic acids is 1. The minimum Gasteiger partial charge on any atom is -0.487 e. The number of pyridine rings is 1. The van der Waals surface area contributed by atoms with E-state index in [2.05, 4.69) is 4.57 Å². The molecule has 0 amide bonds. The molecule has 5 rings (SSSR count). The van der Waals surface area contributed by atoms with E-state index in [0.29, 0.717) is 35.0 Å². The van der Waals surface area contributed by atoms with Gasteiger partial charge in [0.05, 0.1) is 16.6 Å². The Labute approximate surface area is 238 Å². The van der Waals surface area contributed by atoms with Crippen LogP contribution in [0.3, 0.4) is 0 Å². The number of carbonyl (C=O) groups excluding carboxylic acids is 1. The van der Waals surface area contributed by atoms with E-state index >= 15 is 0 Å². The zero-order valence-electron chi connectivity index (χ0n) is 22.8. The molecule has 0 fully saturated rings. The molecule has 0 unspecified atom stereocenters. The van der Waals surface area contributed by atoms with Crippen molar-refractivity contribution in [2.24, 2.45) is 5.41 Å². The molecule has 0 radical (unpaired) electrons. The van der Waals surface area contributed by atoms with Crippen molar-refractivity contribution in [3.05, 3.63) is 106 Å². The molecule has 1 N–H and O–H groups in total. The molecule has 0 spiro atoms. The van der Waals surface area contributed by atoms with Crippen molar-refractivity contribution in [1.29, 1.82) is 0 Å². The summed E-state index contributed by atoms with van der Waals surface area (Å²) in [4.78, 5) is 30.2. The predicted octanol–water partition coefficient (Wildman–Crippen LogP) is 7.72. The van der Waals surface area contributed by atoms with Crippen LogP contribution in [0.25, 0.3) is 21.8 Å². The van der Waals surface area contributed by atoms with Gasteiger partial charge in [-0.1, -0.05) is 54.9 Å². The summed E-state index contributed by atoms with van der Waals surface area (Å²) in [5, 5.41) is 12.4. The summed E-state index contributed by atoms with van der Waals surface area (Å²) in [5.74, 6) is -0.345. The molecule has 3 aromatic carbocycles. The number of carbonyl (C=O) groups is 2. The third-order valence-electron chi connectivity index (χ3n) is 7.23. The van der Waals surface area contributed by atoms with E-state index in [4.69, 9.17) is 21.3 Å². The van der Waals surface area contributed by atoms with E-state index in [9.17, 15) is 14.7 Å². The first-order valence-electron chi connectivity index (χ1n) is 13.3. The number of ether oxygens (including phenoxy) is 1. The molecule has 2 heterocycles. The number of carboxylic acids is 1. The first kappa shape index (κ1) is 27.4. The second-order valence-corrected chi connectivity index (χ2v) is 11.1. The fourth-order valence-electron chi connectivity index (χ4n) is 4.94. The minimum absolute atomic E-state index is 0.0376. The number of para-hydroxylation sites is 1. The Balaban J connectivity index is 1.58. The predicted molar refractivity (Wildman–Crippen MR) is 158 cm³/mol. The molecule has 2 aromatic heterocycles. The number of carboxylic acid groups (broad SMARTS) is 1. The number of fused-ring (bicyclic) bond motifs is 2. The minimum atomic E-state index is -1.07. The number of halogens is 1. The van der Waals surface area contributed by atoms with Crippen LogP contribution in [0.5, 0.6) is 5.75 Å². The number of ketones is 1. The number of rotatable bonds is 10. The van der Waals surface area contributed by atoms with Gasteiger partial charge >= 0.3 is 5.97 Å². The summed E-state index contributed by atoms with van der Waals surface area (Å²) >= 11 is 6.11. The van der Waals surface area contributed by atoms with Gasteiger partial charge in [0.15, 0.2) is 5.78 Å². The summed E-state index contributed by atoms with van der Waals surface area (Å²) in [6, 6.07) is 25.1. The fourth-order valence-corrected chi connectivity index (χ4v) is 5.07. The third kappa shape index (κ3) is 5.58. The van der Waals surface area contributed by atoms with Gasteiger partial charge in [0, 0.05) is 52.0 Å². The van der Waals surface area contributed by atoms with Crippen molar-refractivity contribution in [2.75, 3.05) is 0 Å². The summed E-state index contributed by atoms with van der Waals surface area (Å²) in [6.45, 7) is 5.94. The SMILES string of the molecule is CCC(=O)c1c(CC(C)(C)C(=O)O)n(Cc2ccc(Cl)cc2)c2ccc(OCc3ccc4ccccc4n3)cc12. The van der Waals surface area contributed by atoms with Crippen LogP contribution in [-0.2, 0) is 24.4 Å². The van der Waals surface area contributed by atoms with Crippen LogP contribution in [0.15, 0.2) is 78.9 Å². The molecule has 0 aliphatic heterocycles. The van der Waals surface area contributed by atoms with Crippen molar-refractivity contribution in [3.8, 4) is 5.75 Å². The van der Waals surface area contributed by atoms with Crippen LogP contribution < -0.4 is 4.74 Å². The van der Waals surface area contributed by atoms with Crippen LogP contribution in [0, 0.1) is 5.41 Å². The molecule has 204 valence electrons. The zero-order valence-corrected chi connectivity index (χ0v) is 23.5. The van der Waals surface area contributed by atoms with Crippen molar-refractivity contribution in [3.63, 3.8) is 0 Å². The monoisotopic (exact) mass is 554 g/mol. The molecular weight excluding hydrogens is 524 g/mol. The second-order valence-electron chi connectivity index (χ2n) is 10.6. The van der Waals surface area contributed by atoms with Crippen molar-refractivity contribution < 1.29 is 19.4 Å². The van der Waals surface area contributed by atoms with E-state index in [1.807, 2.05) is 85.8 Å². The average molecular weight is 555 g/mol. The number of benzene rings is 3. The van der Waals surface area contributed by atoms with E-state index in [1.54, 1.807) is 13.8 Å². The molecule has 40 heavy (non-hydrogen) atoms. The lowest BCUT2D eigenvalue weighted by Gasteiger charge is -2.22. The average Bonchev–Trinajstić information content (AvgIpc) is 3.23. The smallest absolute Gasteiger partial charge is 0.309 e. The topological polar surface area (TPSA) is 81.4 Å². The van der Waals surface area contributed by atoms with Gasteiger partial charge in [-0.2, -0.15) is 0 Å². The van der Waals surface area contributed by atoms with Gasteiger partial charge in [-0.05, 0) is 61.9 Å². The van der Waals surface area contributed by atoms with Crippen LogP contribution in [0.2, 0.25) is 5.02 Å². The maximum absolute atomic E-state index is 13.4. The number of aromatic nitrogens is 2. The van der Waals surface area contributed by atoms with Crippen molar-refractivity contribution in [2.45, 2.75) is 46.8 Å². The highest BCUT2D eigenvalue weighted by Crippen LogP contribution is 2.35. The molecule has 0 bridgehead atoms. The van der Waals surface area contributed by atoms with E-state index in [-0.39, 0.29) is 18.8 Å². The largest absolute Gasteiger partial charge is 0.487 e. The Hall–Kier alpha value is -4.16.